The molecule has 0 radical (unpaired) electrons. The first-order valence-corrected chi connectivity index (χ1v) is 2.59. The molecular weight excluding hydrogens is 118 g/mol. The molecule has 1 aliphatic heterocycles. The van der Waals surface area contributed by atoms with Gasteiger partial charge in [0.15, 0.2) is 5.75 Å². The van der Waals surface area contributed by atoms with E-state index in [4.69, 9.17) is 4.84 Å². The molecule has 2 N–H and O–H groups in total. The Kier molecular flexibility index (Phi) is 0.745. The van der Waals surface area contributed by atoms with Crippen molar-refractivity contribution in [2.75, 3.05) is 0 Å². The minimum atomic E-state index is 0.734. The number of nitrogens with one attached hydrogen (secondary N) is 2. The highest BCUT2D eigenvalue weighted by Gasteiger charge is 2.04. The summed E-state index contributed by atoms with van der Waals surface area (Å²) in [4.78, 5) is 4.93. The van der Waals surface area contributed by atoms with Crippen LogP contribution in [0.3, 0.4) is 0 Å². The Hall–Kier alpha value is -1.45. The number of rotatable bonds is 0. The molecule has 0 spiro atoms. The predicted octanol–water partition coefficient (Wildman–Crippen LogP) is 0.277. The van der Waals surface area contributed by atoms with Gasteiger partial charge in [-0.25, -0.2) is 5.48 Å². The molecule has 2 heterocycles. The Morgan fingerprint density at radius 1 is 1.56 bits per heavy atom. The highest BCUT2D eigenvalue weighted by atomic mass is 16.6. The van der Waals surface area contributed by atoms with E-state index in [0.29, 0.717) is 0 Å². The number of fused-ring (bicyclic) bond motifs is 1. The summed E-state index contributed by atoms with van der Waals surface area (Å²) in [5, 5.41) is 6.52. The van der Waals surface area contributed by atoms with Crippen molar-refractivity contribution >= 4 is 6.08 Å². The lowest BCUT2D eigenvalue weighted by Crippen LogP contribution is -2.13. The summed E-state index contributed by atoms with van der Waals surface area (Å²) in [6.45, 7) is 0. The second-order valence-corrected chi connectivity index (χ2v) is 1.70. The van der Waals surface area contributed by atoms with Crippen LogP contribution in [0.1, 0.15) is 5.69 Å². The third-order valence-electron chi connectivity index (χ3n) is 1.12. The van der Waals surface area contributed by atoms with E-state index in [1.165, 1.54) is 0 Å². The number of hydrogen-bond donors (Lipinski definition) is 2. The molecule has 0 saturated carbocycles. The summed E-state index contributed by atoms with van der Waals surface area (Å²) in [6, 6.07) is 0. The summed E-state index contributed by atoms with van der Waals surface area (Å²) in [5.41, 5.74) is 3.48. The minimum Gasteiger partial charge on any atom is -0.379 e. The Labute approximate surface area is 51.5 Å². The van der Waals surface area contributed by atoms with Crippen LogP contribution in [0.15, 0.2) is 12.4 Å². The molecular formula is C5H5N3O. The van der Waals surface area contributed by atoms with Crippen molar-refractivity contribution in [3.63, 3.8) is 0 Å². The topological polar surface area (TPSA) is 49.9 Å². The molecule has 1 aromatic rings. The first-order valence-electron chi connectivity index (χ1n) is 2.59. The number of aromatic amines is 1. The highest BCUT2D eigenvalue weighted by molar-refractivity contribution is 5.52. The fraction of sp³-hybridized carbons (Fsp3) is 0. The van der Waals surface area contributed by atoms with Gasteiger partial charge in [-0.3, -0.25) is 5.10 Å². The summed E-state index contributed by atoms with van der Waals surface area (Å²) in [7, 11) is 0. The lowest BCUT2D eigenvalue weighted by molar-refractivity contribution is 0.239. The number of H-pyrrole nitrogens is 1. The van der Waals surface area contributed by atoms with E-state index in [1.54, 1.807) is 12.4 Å². The van der Waals surface area contributed by atoms with Crippen molar-refractivity contribution in [2.24, 2.45) is 0 Å². The van der Waals surface area contributed by atoms with E-state index in [0.717, 1.165) is 11.4 Å². The largest absolute Gasteiger partial charge is 0.379 e. The third kappa shape index (κ3) is 0.561. The van der Waals surface area contributed by atoms with Gasteiger partial charge in [-0.05, 0) is 6.08 Å². The predicted molar refractivity (Wildman–Crippen MR) is 31.4 cm³/mol. The van der Waals surface area contributed by atoms with Crippen molar-refractivity contribution in [3.8, 4) is 5.75 Å². The fourth-order valence-electron chi connectivity index (χ4n) is 0.701. The molecule has 4 heteroatoms. The van der Waals surface area contributed by atoms with E-state index >= 15 is 0 Å². The zero-order chi connectivity index (χ0) is 6.10. The molecule has 0 atom stereocenters. The summed E-state index contributed by atoms with van der Waals surface area (Å²) in [6.07, 6.45) is 5.16. The summed E-state index contributed by atoms with van der Waals surface area (Å²) >= 11 is 0. The van der Waals surface area contributed by atoms with Gasteiger partial charge < -0.3 is 4.84 Å². The number of hydroxylamine groups is 1. The summed E-state index contributed by atoms with van der Waals surface area (Å²) in [5.74, 6) is 0.734. The van der Waals surface area contributed by atoms with E-state index in [1.807, 2.05) is 6.08 Å². The zero-order valence-corrected chi connectivity index (χ0v) is 4.59. The normalized spacial score (nSPS) is 13.8. The fourth-order valence-corrected chi connectivity index (χ4v) is 0.701. The summed E-state index contributed by atoms with van der Waals surface area (Å²) < 4.78 is 0. The molecule has 0 aliphatic carbocycles. The van der Waals surface area contributed by atoms with Crippen LogP contribution in [0, 0.1) is 0 Å². The molecule has 2 rings (SSSR count). The molecule has 0 amide bonds. The van der Waals surface area contributed by atoms with E-state index in [9.17, 15) is 0 Å². The third-order valence-corrected chi connectivity index (χ3v) is 1.12. The Morgan fingerprint density at radius 3 is 3.44 bits per heavy atom. The molecule has 1 aliphatic rings. The quantitative estimate of drug-likeness (QED) is 0.520. The number of hydrogen-bond acceptors (Lipinski definition) is 3. The molecule has 0 bridgehead atoms. The molecule has 0 aromatic carbocycles. The van der Waals surface area contributed by atoms with Crippen LogP contribution in [0.25, 0.3) is 6.08 Å². The van der Waals surface area contributed by atoms with Crippen molar-refractivity contribution in [2.45, 2.75) is 0 Å². The van der Waals surface area contributed by atoms with Crippen molar-refractivity contribution in [1.82, 2.24) is 15.7 Å². The first kappa shape index (κ1) is 4.43. The average Bonchev–Trinajstić information content (AvgIpc) is 2.33. The van der Waals surface area contributed by atoms with Gasteiger partial charge >= 0.3 is 0 Å². The Balaban J connectivity index is 2.53. The molecule has 46 valence electrons. The maximum absolute atomic E-state index is 4.93. The van der Waals surface area contributed by atoms with Gasteiger partial charge in [0, 0.05) is 6.20 Å². The van der Waals surface area contributed by atoms with Crippen LogP contribution in [0.5, 0.6) is 5.75 Å². The molecule has 1 aromatic heterocycles. The van der Waals surface area contributed by atoms with Crippen molar-refractivity contribution in [1.29, 1.82) is 0 Å². The Bertz CT molecular complexity index is 240. The lowest BCUT2D eigenvalue weighted by Gasteiger charge is -2.05. The van der Waals surface area contributed by atoms with Gasteiger partial charge in [-0.1, -0.05) is 0 Å². The van der Waals surface area contributed by atoms with Gasteiger partial charge in [0.2, 0.25) is 0 Å². The van der Waals surface area contributed by atoms with Gasteiger partial charge in [-0.2, -0.15) is 5.10 Å². The molecule has 0 unspecified atom stereocenters. The van der Waals surface area contributed by atoms with Crippen LogP contribution >= 0.6 is 0 Å². The van der Waals surface area contributed by atoms with Crippen LogP contribution < -0.4 is 10.3 Å². The van der Waals surface area contributed by atoms with Crippen LogP contribution in [-0.4, -0.2) is 10.2 Å². The SMILES string of the molecule is C1=Cc2[nH]ncc2ON1. The van der Waals surface area contributed by atoms with Crippen LogP contribution in [0.4, 0.5) is 0 Å². The zero-order valence-electron chi connectivity index (χ0n) is 4.59. The minimum absolute atomic E-state index is 0.734. The molecule has 0 saturated heterocycles. The standard InChI is InChI=1S/C5H5N3O/c1-2-7-9-5-3-6-8-4(1)5/h1-3,7H,(H,6,8). The maximum atomic E-state index is 4.93. The van der Waals surface area contributed by atoms with Gasteiger partial charge in [0.25, 0.3) is 0 Å². The molecule has 4 nitrogen and oxygen atoms in total. The first-order chi connectivity index (χ1) is 4.47. The second kappa shape index (κ2) is 1.51. The Morgan fingerprint density at radius 2 is 2.56 bits per heavy atom. The highest BCUT2D eigenvalue weighted by Crippen LogP contribution is 2.16. The van der Waals surface area contributed by atoms with Crippen molar-refractivity contribution in [3.05, 3.63) is 18.1 Å². The van der Waals surface area contributed by atoms with E-state index < -0.39 is 0 Å². The molecule has 0 fully saturated rings. The monoisotopic (exact) mass is 123 g/mol. The van der Waals surface area contributed by atoms with E-state index in [2.05, 4.69) is 15.7 Å². The lowest BCUT2D eigenvalue weighted by atomic mass is 10.4. The van der Waals surface area contributed by atoms with Gasteiger partial charge in [0.05, 0.1) is 6.20 Å². The van der Waals surface area contributed by atoms with E-state index in [-0.39, 0.29) is 0 Å². The number of aromatic nitrogens is 2. The molecule has 9 heavy (non-hydrogen) atoms. The van der Waals surface area contributed by atoms with Gasteiger partial charge in [-0.15, -0.1) is 0 Å². The van der Waals surface area contributed by atoms with Crippen LogP contribution in [0.2, 0.25) is 0 Å². The second-order valence-electron chi connectivity index (χ2n) is 1.70. The smallest absolute Gasteiger partial charge is 0.199 e. The van der Waals surface area contributed by atoms with Gasteiger partial charge in [0.1, 0.15) is 5.69 Å². The van der Waals surface area contributed by atoms with Crippen LogP contribution in [-0.2, 0) is 0 Å². The maximum Gasteiger partial charge on any atom is 0.199 e. The van der Waals surface area contributed by atoms with Crippen molar-refractivity contribution < 1.29 is 4.84 Å². The average molecular weight is 123 g/mol. The number of nitrogens with zero attached hydrogens (tertiary/aromatic N) is 1.